The molecule has 12 heavy (non-hydrogen) atoms. The summed E-state index contributed by atoms with van der Waals surface area (Å²) >= 11 is 0. The quantitative estimate of drug-likeness (QED) is 0.625. The lowest BCUT2D eigenvalue weighted by atomic mass is 10.1. The standard InChI is InChI=1S/C10H14O2/c1-7-6-11-10(12-7,8-2-3-8)9-4-5-9/h8-9H,1-6H2. The molecular formula is C10H14O2. The Balaban J connectivity index is 1.86. The van der Waals surface area contributed by atoms with Crippen molar-refractivity contribution in [3.8, 4) is 0 Å². The van der Waals surface area contributed by atoms with Crippen LogP contribution in [0.2, 0.25) is 0 Å². The van der Waals surface area contributed by atoms with Gasteiger partial charge in [-0.25, -0.2) is 0 Å². The molecule has 0 atom stereocenters. The molecular weight excluding hydrogens is 152 g/mol. The maximum atomic E-state index is 5.78. The van der Waals surface area contributed by atoms with Crippen LogP contribution in [0.15, 0.2) is 12.3 Å². The van der Waals surface area contributed by atoms with E-state index >= 15 is 0 Å². The molecule has 1 saturated heterocycles. The van der Waals surface area contributed by atoms with Gasteiger partial charge in [-0.15, -0.1) is 0 Å². The van der Waals surface area contributed by atoms with Gasteiger partial charge in [0.05, 0.1) is 0 Å². The topological polar surface area (TPSA) is 18.5 Å². The highest BCUT2D eigenvalue weighted by Gasteiger charge is 2.60. The van der Waals surface area contributed by atoms with Gasteiger partial charge in [-0.2, -0.15) is 0 Å². The van der Waals surface area contributed by atoms with Gasteiger partial charge in [0.2, 0.25) is 5.79 Å². The second-order valence-electron chi connectivity index (χ2n) is 4.20. The summed E-state index contributed by atoms with van der Waals surface area (Å²) in [5.74, 6) is 1.96. The van der Waals surface area contributed by atoms with Crippen molar-refractivity contribution in [1.29, 1.82) is 0 Å². The lowest BCUT2D eigenvalue weighted by Crippen LogP contribution is -2.35. The zero-order valence-electron chi connectivity index (χ0n) is 7.21. The van der Waals surface area contributed by atoms with Crippen molar-refractivity contribution in [2.45, 2.75) is 31.5 Å². The van der Waals surface area contributed by atoms with Gasteiger partial charge in [-0.05, 0) is 25.7 Å². The van der Waals surface area contributed by atoms with Crippen LogP contribution in [-0.4, -0.2) is 12.4 Å². The van der Waals surface area contributed by atoms with E-state index in [4.69, 9.17) is 9.47 Å². The molecule has 0 aromatic heterocycles. The predicted molar refractivity (Wildman–Crippen MR) is 44.4 cm³/mol. The molecule has 2 heteroatoms. The average molecular weight is 166 g/mol. The molecule has 3 fully saturated rings. The van der Waals surface area contributed by atoms with E-state index in [9.17, 15) is 0 Å². The summed E-state index contributed by atoms with van der Waals surface area (Å²) in [6.45, 7) is 4.44. The summed E-state index contributed by atoms with van der Waals surface area (Å²) < 4.78 is 11.6. The largest absolute Gasteiger partial charge is 0.464 e. The summed E-state index contributed by atoms with van der Waals surface area (Å²) in [7, 11) is 0. The van der Waals surface area contributed by atoms with E-state index in [-0.39, 0.29) is 5.79 Å². The van der Waals surface area contributed by atoms with Gasteiger partial charge in [0.15, 0.2) is 0 Å². The van der Waals surface area contributed by atoms with Crippen molar-refractivity contribution in [3.63, 3.8) is 0 Å². The predicted octanol–water partition coefficient (Wildman–Crippen LogP) is 2.06. The third-order valence-corrected chi connectivity index (χ3v) is 3.06. The van der Waals surface area contributed by atoms with Crippen LogP contribution < -0.4 is 0 Å². The second-order valence-corrected chi connectivity index (χ2v) is 4.20. The highest BCUT2D eigenvalue weighted by Crippen LogP contribution is 2.57. The Morgan fingerprint density at radius 1 is 1.17 bits per heavy atom. The lowest BCUT2D eigenvalue weighted by molar-refractivity contribution is -0.180. The van der Waals surface area contributed by atoms with Crippen LogP contribution in [0.3, 0.4) is 0 Å². The Kier molecular flexibility index (Phi) is 1.19. The smallest absolute Gasteiger partial charge is 0.216 e. The molecule has 0 spiro atoms. The van der Waals surface area contributed by atoms with Crippen LogP contribution >= 0.6 is 0 Å². The Hall–Kier alpha value is -0.500. The molecule has 3 rings (SSSR count). The average Bonchev–Trinajstić information content (AvgIpc) is 2.92. The number of hydrogen-bond donors (Lipinski definition) is 0. The molecule has 0 aromatic rings. The Morgan fingerprint density at radius 2 is 1.75 bits per heavy atom. The monoisotopic (exact) mass is 166 g/mol. The molecule has 2 saturated carbocycles. The fourth-order valence-electron chi connectivity index (χ4n) is 2.18. The van der Waals surface area contributed by atoms with Crippen LogP contribution in [-0.2, 0) is 9.47 Å². The van der Waals surface area contributed by atoms with Crippen molar-refractivity contribution in [2.75, 3.05) is 6.61 Å². The summed E-state index contributed by atoms with van der Waals surface area (Å²) in [5, 5.41) is 0. The third-order valence-electron chi connectivity index (χ3n) is 3.06. The van der Waals surface area contributed by atoms with Gasteiger partial charge >= 0.3 is 0 Å². The minimum Gasteiger partial charge on any atom is -0.464 e. The molecule has 0 aromatic carbocycles. The van der Waals surface area contributed by atoms with E-state index in [1.54, 1.807) is 0 Å². The van der Waals surface area contributed by atoms with E-state index in [0.29, 0.717) is 18.4 Å². The maximum Gasteiger partial charge on any atom is 0.216 e. The summed E-state index contributed by atoms with van der Waals surface area (Å²) in [6.07, 6.45) is 5.13. The first-order chi connectivity index (χ1) is 5.81. The van der Waals surface area contributed by atoms with E-state index in [1.165, 1.54) is 25.7 Å². The molecule has 1 aliphatic heterocycles. The fourth-order valence-corrected chi connectivity index (χ4v) is 2.18. The molecule has 3 aliphatic rings. The van der Waals surface area contributed by atoms with Gasteiger partial charge in [0.1, 0.15) is 12.4 Å². The van der Waals surface area contributed by atoms with Crippen molar-refractivity contribution in [3.05, 3.63) is 12.3 Å². The van der Waals surface area contributed by atoms with Gasteiger partial charge in [0, 0.05) is 11.8 Å². The SMILES string of the molecule is C=C1COC(C2CC2)(C2CC2)O1. The van der Waals surface area contributed by atoms with Crippen LogP contribution in [0.1, 0.15) is 25.7 Å². The minimum absolute atomic E-state index is 0.211. The lowest BCUT2D eigenvalue weighted by Gasteiger charge is -2.27. The molecule has 0 amide bonds. The van der Waals surface area contributed by atoms with Crippen LogP contribution in [0.5, 0.6) is 0 Å². The molecule has 2 aliphatic carbocycles. The van der Waals surface area contributed by atoms with Gasteiger partial charge in [-0.3, -0.25) is 0 Å². The van der Waals surface area contributed by atoms with Crippen molar-refractivity contribution in [2.24, 2.45) is 11.8 Å². The van der Waals surface area contributed by atoms with E-state index < -0.39 is 0 Å². The van der Waals surface area contributed by atoms with E-state index in [0.717, 1.165) is 5.76 Å². The Labute approximate surface area is 72.5 Å². The summed E-state index contributed by atoms with van der Waals surface area (Å²) in [5.41, 5.74) is 0. The van der Waals surface area contributed by atoms with E-state index in [2.05, 4.69) is 6.58 Å². The Morgan fingerprint density at radius 3 is 2.08 bits per heavy atom. The summed E-state index contributed by atoms with van der Waals surface area (Å²) in [4.78, 5) is 0. The van der Waals surface area contributed by atoms with Crippen LogP contribution in [0, 0.1) is 11.8 Å². The van der Waals surface area contributed by atoms with E-state index in [1.807, 2.05) is 0 Å². The van der Waals surface area contributed by atoms with Gasteiger partial charge < -0.3 is 9.47 Å². The summed E-state index contributed by atoms with van der Waals surface area (Å²) in [6, 6.07) is 0. The molecule has 1 heterocycles. The van der Waals surface area contributed by atoms with Gasteiger partial charge in [-0.1, -0.05) is 6.58 Å². The Bertz CT molecular complexity index is 214. The highest BCUT2D eigenvalue weighted by molar-refractivity contribution is 5.06. The number of rotatable bonds is 2. The zero-order valence-corrected chi connectivity index (χ0v) is 7.21. The maximum absolute atomic E-state index is 5.78. The third kappa shape index (κ3) is 0.845. The fraction of sp³-hybridized carbons (Fsp3) is 0.800. The first-order valence-electron chi connectivity index (χ1n) is 4.82. The molecule has 2 nitrogen and oxygen atoms in total. The van der Waals surface area contributed by atoms with Gasteiger partial charge in [0.25, 0.3) is 0 Å². The molecule has 0 radical (unpaired) electrons. The van der Waals surface area contributed by atoms with Crippen molar-refractivity contribution < 1.29 is 9.47 Å². The van der Waals surface area contributed by atoms with Crippen LogP contribution in [0.25, 0.3) is 0 Å². The first-order valence-corrected chi connectivity index (χ1v) is 4.82. The van der Waals surface area contributed by atoms with Crippen molar-refractivity contribution >= 4 is 0 Å². The zero-order chi connectivity index (χ0) is 8.18. The number of ether oxygens (including phenoxy) is 2. The molecule has 66 valence electrons. The molecule has 0 N–H and O–H groups in total. The normalized spacial score (nSPS) is 33.5. The minimum atomic E-state index is -0.211. The molecule has 0 bridgehead atoms. The first kappa shape index (κ1) is 6.96. The van der Waals surface area contributed by atoms with Crippen LogP contribution in [0.4, 0.5) is 0 Å². The second kappa shape index (κ2) is 2.05. The molecule has 0 unspecified atom stereocenters. The van der Waals surface area contributed by atoms with Crippen molar-refractivity contribution in [1.82, 2.24) is 0 Å². The highest BCUT2D eigenvalue weighted by atomic mass is 16.7. The number of hydrogen-bond acceptors (Lipinski definition) is 2.